The lowest BCUT2D eigenvalue weighted by atomic mass is 9.87. The Balaban J connectivity index is 1.52. The summed E-state index contributed by atoms with van der Waals surface area (Å²) in [4.78, 5) is 12.2. The highest BCUT2D eigenvalue weighted by Gasteiger charge is 2.19. The number of rotatable bonds is 8. The van der Waals surface area contributed by atoms with Gasteiger partial charge < -0.3 is 14.6 Å². The molecule has 3 aromatic rings. The molecule has 1 atom stereocenters. The zero-order chi connectivity index (χ0) is 23.3. The third-order valence-corrected chi connectivity index (χ3v) is 6.27. The van der Waals surface area contributed by atoms with Crippen molar-refractivity contribution in [1.82, 2.24) is 20.1 Å². The van der Waals surface area contributed by atoms with Gasteiger partial charge in [0.2, 0.25) is 5.91 Å². The molecule has 0 saturated heterocycles. The predicted octanol–water partition coefficient (Wildman–Crippen LogP) is 5.31. The highest BCUT2D eigenvalue weighted by atomic mass is 35.5. The van der Waals surface area contributed by atoms with E-state index in [1.165, 1.54) is 17.3 Å². The molecule has 0 radical (unpaired) electrons. The number of ether oxygens (including phenoxy) is 1. The normalized spacial score (nSPS) is 12.4. The van der Waals surface area contributed by atoms with Crippen LogP contribution in [0.2, 0.25) is 5.02 Å². The Morgan fingerprint density at radius 3 is 2.41 bits per heavy atom. The molecule has 0 saturated carbocycles. The summed E-state index contributed by atoms with van der Waals surface area (Å²) in [5.74, 6) is 1.67. The minimum absolute atomic E-state index is 0.0715. The van der Waals surface area contributed by atoms with Gasteiger partial charge in [-0.1, -0.05) is 68.4 Å². The van der Waals surface area contributed by atoms with Crippen molar-refractivity contribution >= 4 is 29.3 Å². The molecular weight excluding hydrogens is 444 g/mol. The van der Waals surface area contributed by atoms with E-state index in [2.05, 4.69) is 48.4 Å². The Kier molecular flexibility index (Phi) is 7.85. The zero-order valence-electron chi connectivity index (χ0n) is 19.1. The van der Waals surface area contributed by atoms with E-state index < -0.39 is 0 Å². The number of carbonyl (C=O) groups is 1. The number of hydrogen-bond donors (Lipinski definition) is 1. The van der Waals surface area contributed by atoms with Gasteiger partial charge in [0.25, 0.3) is 0 Å². The number of carbonyl (C=O) groups excluding carboxylic acids is 1. The van der Waals surface area contributed by atoms with Crippen molar-refractivity contribution in [2.75, 3.05) is 5.75 Å². The lowest BCUT2D eigenvalue weighted by molar-refractivity contribution is -0.118. The van der Waals surface area contributed by atoms with Gasteiger partial charge in [-0.3, -0.25) is 4.79 Å². The second-order valence-electron chi connectivity index (χ2n) is 8.63. The van der Waals surface area contributed by atoms with Crippen LogP contribution in [0.15, 0.2) is 53.7 Å². The molecule has 6 nitrogen and oxygen atoms in total. The molecule has 1 unspecified atom stereocenters. The highest BCUT2D eigenvalue weighted by molar-refractivity contribution is 7.99. The minimum Gasteiger partial charge on any atom is -0.483 e. The molecule has 0 aliphatic heterocycles. The summed E-state index contributed by atoms with van der Waals surface area (Å²) in [7, 11) is 1.88. The largest absolute Gasteiger partial charge is 0.483 e. The first-order valence-corrected chi connectivity index (χ1v) is 11.8. The van der Waals surface area contributed by atoms with Crippen LogP contribution in [0, 0.1) is 0 Å². The van der Waals surface area contributed by atoms with Gasteiger partial charge in [-0.05, 0) is 47.7 Å². The maximum absolute atomic E-state index is 12.2. The Morgan fingerprint density at radius 2 is 1.78 bits per heavy atom. The Hall–Kier alpha value is -2.51. The fourth-order valence-corrected chi connectivity index (χ4v) is 3.95. The minimum atomic E-state index is -0.277. The monoisotopic (exact) mass is 472 g/mol. The summed E-state index contributed by atoms with van der Waals surface area (Å²) in [6.45, 7) is 8.95. The molecule has 1 aromatic heterocycles. The van der Waals surface area contributed by atoms with E-state index in [1.54, 1.807) is 12.1 Å². The lowest BCUT2D eigenvalue weighted by Crippen LogP contribution is -2.24. The topological polar surface area (TPSA) is 69.0 Å². The second-order valence-corrected chi connectivity index (χ2v) is 10.0. The van der Waals surface area contributed by atoms with E-state index in [9.17, 15) is 4.79 Å². The second kappa shape index (κ2) is 10.4. The van der Waals surface area contributed by atoms with Gasteiger partial charge in [-0.25, -0.2) is 0 Å². The first-order valence-electron chi connectivity index (χ1n) is 10.4. The van der Waals surface area contributed by atoms with Crippen LogP contribution in [0.25, 0.3) is 0 Å². The van der Waals surface area contributed by atoms with Crippen molar-refractivity contribution in [3.8, 4) is 5.75 Å². The van der Waals surface area contributed by atoms with E-state index in [0.29, 0.717) is 22.5 Å². The Bertz CT molecular complexity index is 1040. The summed E-state index contributed by atoms with van der Waals surface area (Å²) < 4.78 is 7.93. The van der Waals surface area contributed by atoms with Crippen LogP contribution in [0.4, 0.5) is 0 Å². The van der Waals surface area contributed by atoms with Gasteiger partial charge in [0, 0.05) is 18.6 Å². The molecule has 1 heterocycles. The summed E-state index contributed by atoms with van der Waals surface area (Å²) in [5.41, 5.74) is 2.35. The molecule has 0 aliphatic carbocycles. The predicted molar refractivity (Wildman–Crippen MR) is 129 cm³/mol. The van der Waals surface area contributed by atoms with E-state index in [0.717, 1.165) is 11.3 Å². The van der Waals surface area contributed by atoms with Gasteiger partial charge in [0.15, 0.2) is 17.1 Å². The van der Waals surface area contributed by atoms with Crippen LogP contribution < -0.4 is 10.1 Å². The number of aromatic nitrogens is 3. The van der Waals surface area contributed by atoms with Gasteiger partial charge in [-0.2, -0.15) is 0 Å². The van der Waals surface area contributed by atoms with E-state index in [4.69, 9.17) is 16.3 Å². The molecule has 32 heavy (non-hydrogen) atoms. The van der Waals surface area contributed by atoms with Gasteiger partial charge >= 0.3 is 0 Å². The van der Waals surface area contributed by atoms with Crippen molar-refractivity contribution in [2.24, 2.45) is 7.05 Å². The van der Waals surface area contributed by atoms with Crippen molar-refractivity contribution in [3.63, 3.8) is 0 Å². The average Bonchev–Trinajstić information content (AvgIpc) is 3.12. The summed E-state index contributed by atoms with van der Waals surface area (Å²) >= 11 is 7.23. The number of hydrogen-bond acceptors (Lipinski definition) is 5. The van der Waals surface area contributed by atoms with Gasteiger partial charge in [0.1, 0.15) is 5.75 Å². The standard InChI is InChI=1S/C24H29ClN4O2S/c1-16(31-20-12-8-18(9-13-20)24(2,3)4)22-27-28-23(29(22)5)32-15-21(30)26-14-17-6-10-19(25)11-7-17/h6-13,16H,14-15H2,1-5H3,(H,26,30). The van der Waals surface area contributed by atoms with E-state index >= 15 is 0 Å². The third kappa shape index (κ3) is 6.50. The summed E-state index contributed by atoms with van der Waals surface area (Å²) in [6.07, 6.45) is -0.277. The first-order chi connectivity index (χ1) is 15.1. The summed E-state index contributed by atoms with van der Waals surface area (Å²) in [6, 6.07) is 15.5. The van der Waals surface area contributed by atoms with Gasteiger partial charge in [0.05, 0.1) is 5.75 Å². The van der Waals surface area contributed by atoms with E-state index in [1.807, 2.05) is 42.8 Å². The number of amides is 1. The van der Waals surface area contributed by atoms with Crippen LogP contribution in [-0.4, -0.2) is 26.4 Å². The summed E-state index contributed by atoms with van der Waals surface area (Å²) in [5, 5.41) is 12.7. The zero-order valence-corrected chi connectivity index (χ0v) is 20.6. The average molecular weight is 473 g/mol. The Morgan fingerprint density at radius 1 is 1.12 bits per heavy atom. The molecule has 1 N–H and O–H groups in total. The molecule has 8 heteroatoms. The van der Waals surface area contributed by atoms with Crippen LogP contribution in [0.1, 0.15) is 50.8 Å². The number of nitrogens with one attached hydrogen (secondary N) is 1. The molecule has 0 spiro atoms. The molecule has 0 aliphatic rings. The number of halogens is 1. The van der Waals surface area contributed by atoms with Crippen LogP contribution in [0.5, 0.6) is 5.75 Å². The van der Waals surface area contributed by atoms with E-state index in [-0.39, 0.29) is 23.2 Å². The molecule has 170 valence electrons. The van der Waals surface area contributed by atoms with Crippen LogP contribution in [0.3, 0.4) is 0 Å². The molecule has 2 aromatic carbocycles. The highest BCUT2D eigenvalue weighted by Crippen LogP contribution is 2.27. The third-order valence-electron chi connectivity index (χ3n) is 5.00. The maximum Gasteiger partial charge on any atom is 0.230 e. The molecule has 3 rings (SSSR count). The number of nitrogens with zero attached hydrogens (tertiary/aromatic N) is 3. The molecule has 1 amide bonds. The smallest absolute Gasteiger partial charge is 0.230 e. The quantitative estimate of drug-likeness (QED) is 0.449. The van der Waals surface area contributed by atoms with Crippen molar-refractivity contribution in [1.29, 1.82) is 0 Å². The number of benzene rings is 2. The molecule has 0 fully saturated rings. The molecule has 0 bridgehead atoms. The van der Waals surface area contributed by atoms with Crippen molar-refractivity contribution in [2.45, 2.75) is 50.9 Å². The van der Waals surface area contributed by atoms with Gasteiger partial charge in [-0.15, -0.1) is 10.2 Å². The Labute approximate surface area is 198 Å². The maximum atomic E-state index is 12.2. The van der Waals surface area contributed by atoms with Crippen LogP contribution in [-0.2, 0) is 23.8 Å². The first kappa shape index (κ1) is 24.1. The van der Waals surface area contributed by atoms with Crippen LogP contribution >= 0.6 is 23.4 Å². The SMILES string of the molecule is CC(Oc1ccc(C(C)(C)C)cc1)c1nnc(SCC(=O)NCc2ccc(Cl)cc2)n1C. The molecular formula is C24H29ClN4O2S. The van der Waals surface area contributed by atoms with Crippen molar-refractivity contribution < 1.29 is 9.53 Å². The number of thioether (sulfide) groups is 1. The fourth-order valence-electron chi connectivity index (χ4n) is 3.08. The fraction of sp³-hybridized carbons (Fsp3) is 0.375. The lowest BCUT2D eigenvalue weighted by Gasteiger charge is -2.20. The van der Waals surface area contributed by atoms with Crippen molar-refractivity contribution in [3.05, 3.63) is 70.5 Å².